The van der Waals surface area contributed by atoms with Crippen molar-refractivity contribution in [1.29, 1.82) is 0 Å². The summed E-state index contributed by atoms with van der Waals surface area (Å²) >= 11 is 0. The molecule has 2 unspecified atom stereocenters. The molecule has 1 aliphatic rings. The molecule has 1 saturated heterocycles. The average Bonchev–Trinajstić information content (AvgIpc) is 2.37. The largest absolute Gasteiger partial charge is 0.370 e. The molecule has 1 heterocycles. The predicted molar refractivity (Wildman–Crippen MR) is 83.7 cm³/mol. The van der Waals surface area contributed by atoms with Gasteiger partial charge < -0.3 is 10.5 Å². The number of benzene rings is 1. The van der Waals surface area contributed by atoms with Gasteiger partial charge in [-0.05, 0) is 45.7 Å². The van der Waals surface area contributed by atoms with Crippen LogP contribution in [-0.4, -0.2) is 36.2 Å². The van der Waals surface area contributed by atoms with Crippen LogP contribution in [-0.2, 0) is 4.74 Å². The third-order valence-corrected chi connectivity index (χ3v) is 3.86. The molecule has 1 aromatic carbocycles. The second-order valence-electron chi connectivity index (χ2n) is 6.58. The molecule has 0 spiro atoms. The highest BCUT2D eigenvalue weighted by atomic mass is 16.5. The van der Waals surface area contributed by atoms with Crippen molar-refractivity contribution in [3.63, 3.8) is 0 Å². The van der Waals surface area contributed by atoms with E-state index in [-0.39, 0.29) is 11.6 Å². The zero-order valence-electron chi connectivity index (χ0n) is 13.0. The SMILES string of the molecule is CC1CN(CCCC(N)c2ccccc2)CC(C)(C)O1. The highest BCUT2D eigenvalue weighted by molar-refractivity contribution is 5.18. The standard InChI is InChI=1S/C17H28N2O/c1-14-12-19(13-17(2,3)20-14)11-7-10-16(18)15-8-5-4-6-9-15/h4-6,8-9,14,16H,7,10-13,18H2,1-3H3. The van der Waals surface area contributed by atoms with Gasteiger partial charge in [0.1, 0.15) is 0 Å². The molecule has 1 aromatic rings. The lowest BCUT2D eigenvalue weighted by Crippen LogP contribution is -2.52. The van der Waals surface area contributed by atoms with Gasteiger partial charge in [-0.1, -0.05) is 30.3 Å². The number of morpholine rings is 1. The maximum absolute atomic E-state index is 6.25. The molecule has 20 heavy (non-hydrogen) atoms. The summed E-state index contributed by atoms with van der Waals surface area (Å²) in [5.41, 5.74) is 7.46. The molecule has 0 saturated carbocycles. The quantitative estimate of drug-likeness (QED) is 0.898. The monoisotopic (exact) mass is 276 g/mol. The number of rotatable bonds is 5. The van der Waals surface area contributed by atoms with Crippen LogP contribution in [0.25, 0.3) is 0 Å². The first-order valence-corrected chi connectivity index (χ1v) is 7.67. The normalized spacial score (nSPS) is 24.5. The van der Waals surface area contributed by atoms with E-state index in [2.05, 4.69) is 49.9 Å². The Morgan fingerprint density at radius 1 is 1.35 bits per heavy atom. The predicted octanol–water partition coefficient (Wildman–Crippen LogP) is 2.97. The second kappa shape index (κ2) is 6.70. The molecular formula is C17H28N2O. The summed E-state index contributed by atoms with van der Waals surface area (Å²) in [7, 11) is 0. The Hall–Kier alpha value is -0.900. The van der Waals surface area contributed by atoms with E-state index in [0.717, 1.165) is 32.5 Å². The van der Waals surface area contributed by atoms with Crippen LogP contribution in [0.2, 0.25) is 0 Å². The topological polar surface area (TPSA) is 38.5 Å². The van der Waals surface area contributed by atoms with Gasteiger partial charge in [-0.25, -0.2) is 0 Å². The molecule has 1 fully saturated rings. The Kier molecular flexibility index (Phi) is 5.19. The maximum Gasteiger partial charge on any atom is 0.0757 e. The Labute approximate surface area is 123 Å². The molecule has 0 aromatic heterocycles. The minimum absolute atomic E-state index is 0.0286. The molecular weight excluding hydrogens is 248 g/mol. The summed E-state index contributed by atoms with van der Waals surface area (Å²) < 4.78 is 5.93. The van der Waals surface area contributed by atoms with Crippen LogP contribution in [0.5, 0.6) is 0 Å². The fraction of sp³-hybridized carbons (Fsp3) is 0.647. The van der Waals surface area contributed by atoms with E-state index in [0.29, 0.717) is 6.10 Å². The van der Waals surface area contributed by atoms with Crippen LogP contribution >= 0.6 is 0 Å². The minimum atomic E-state index is -0.0286. The smallest absolute Gasteiger partial charge is 0.0757 e. The lowest BCUT2D eigenvalue weighted by Gasteiger charge is -2.41. The number of nitrogens with two attached hydrogens (primary N) is 1. The van der Waals surface area contributed by atoms with Gasteiger partial charge in [-0.2, -0.15) is 0 Å². The third kappa shape index (κ3) is 4.58. The Bertz CT molecular complexity index is 405. The fourth-order valence-corrected chi connectivity index (χ4v) is 3.16. The fourth-order valence-electron chi connectivity index (χ4n) is 3.16. The van der Waals surface area contributed by atoms with Gasteiger partial charge in [0.25, 0.3) is 0 Å². The molecule has 1 aliphatic heterocycles. The van der Waals surface area contributed by atoms with Crippen LogP contribution in [0.3, 0.4) is 0 Å². The van der Waals surface area contributed by atoms with Gasteiger partial charge in [0.05, 0.1) is 11.7 Å². The van der Waals surface area contributed by atoms with E-state index in [4.69, 9.17) is 10.5 Å². The molecule has 0 bridgehead atoms. The summed E-state index contributed by atoms with van der Waals surface area (Å²) in [6, 6.07) is 10.5. The summed E-state index contributed by atoms with van der Waals surface area (Å²) in [5, 5.41) is 0. The zero-order valence-corrected chi connectivity index (χ0v) is 13.0. The van der Waals surface area contributed by atoms with Crippen molar-refractivity contribution in [2.24, 2.45) is 5.73 Å². The van der Waals surface area contributed by atoms with Crippen molar-refractivity contribution in [2.45, 2.75) is 51.4 Å². The molecule has 2 rings (SSSR count). The third-order valence-electron chi connectivity index (χ3n) is 3.86. The second-order valence-corrected chi connectivity index (χ2v) is 6.58. The first-order chi connectivity index (χ1) is 9.46. The average molecular weight is 276 g/mol. The van der Waals surface area contributed by atoms with Gasteiger partial charge in [0, 0.05) is 19.1 Å². The Morgan fingerprint density at radius 2 is 2.05 bits per heavy atom. The van der Waals surface area contributed by atoms with Crippen LogP contribution in [0, 0.1) is 0 Å². The minimum Gasteiger partial charge on any atom is -0.370 e. The summed E-state index contributed by atoms with van der Waals surface area (Å²) in [4.78, 5) is 2.51. The molecule has 2 atom stereocenters. The number of nitrogens with zero attached hydrogens (tertiary/aromatic N) is 1. The Balaban J connectivity index is 1.75. The molecule has 0 radical (unpaired) electrons. The van der Waals surface area contributed by atoms with Gasteiger partial charge in [0.15, 0.2) is 0 Å². The van der Waals surface area contributed by atoms with E-state index in [9.17, 15) is 0 Å². The molecule has 112 valence electrons. The number of hydrogen-bond donors (Lipinski definition) is 1. The van der Waals surface area contributed by atoms with Crippen LogP contribution in [0.4, 0.5) is 0 Å². The summed E-state index contributed by atoms with van der Waals surface area (Å²) in [6.45, 7) is 9.65. The van der Waals surface area contributed by atoms with E-state index in [1.54, 1.807) is 0 Å². The van der Waals surface area contributed by atoms with E-state index >= 15 is 0 Å². The van der Waals surface area contributed by atoms with Crippen LogP contribution < -0.4 is 5.73 Å². The number of ether oxygens (including phenoxy) is 1. The first-order valence-electron chi connectivity index (χ1n) is 7.67. The molecule has 0 aliphatic carbocycles. The van der Waals surface area contributed by atoms with Crippen LogP contribution in [0.15, 0.2) is 30.3 Å². The summed E-state index contributed by atoms with van der Waals surface area (Å²) in [5.74, 6) is 0. The maximum atomic E-state index is 6.25. The molecule has 3 nitrogen and oxygen atoms in total. The molecule has 2 N–H and O–H groups in total. The highest BCUT2D eigenvalue weighted by Gasteiger charge is 2.30. The van der Waals surface area contributed by atoms with Crippen LogP contribution in [0.1, 0.15) is 45.2 Å². The first kappa shape index (κ1) is 15.5. The van der Waals surface area contributed by atoms with E-state index in [1.807, 2.05) is 6.07 Å². The highest BCUT2D eigenvalue weighted by Crippen LogP contribution is 2.22. The number of hydrogen-bond acceptors (Lipinski definition) is 3. The lowest BCUT2D eigenvalue weighted by atomic mass is 10.0. The van der Waals surface area contributed by atoms with Crippen molar-refractivity contribution in [2.75, 3.05) is 19.6 Å². The van der Waals surface area contributed by atoms with Crippen molar-refractivity contribution < 1.29 is 4.74 Å². The van der Waals surface area contributed by atoms with E-state index in [1.165, 1.54) is 5.56 Å². The lowest BCUT2D eigenvalue weighted by molar-refractivity contribution is -0.128. The van der Waals surface area contributed by atoms with Gasteiger partial charge >= 0.3 is 0 Å². The van der Waals surface area contributed by atoms with E-state index < -0.39 is 0 Å². The Morgan fingerprint density at radius 3 is 2.70 bits per heavy atom. The molecule has 0 amide bonds. The summed E-state index contributed by atoms with van der Waals surface area (Å²) in [6.07, 6.45) is 2.50. The van der Waals surface area contributed by atoms with Gasteiger partial charge in [-0.3, -0.25) is 4.90 Å². The van der Waals surface area contributed by atoms with Gasteiger partial charge in [0.2, 0.25) is 0 Å². The van der Waals surface area contributed by atoms with Crippen molar-refractivity contribution in [3.05, 3.63) is 35.9 Å². The van der Waals surface area contributed by atoms with Crippen molar-refractivity contribution in [3.8, 4) is 0 Å². The van der Waals surface area contributed by atoms with Crippen molar-refractivity contribution in [1.82, 2.24) is 4.90 Å². The zero-order chi connectivity index (χ0) is 14.6. The molecule has 3 heteroatoms. The van der Waals surface area contributed by atoms with Gasteiger partial charge in [-0.15, -0.1) is 0 Å². The van der Waals surface area contributed by atoms with Crippen molar-refractivity contribution >= 4 is 0 Å².